The van der Waals surface area contributed by atoms with Gasteiger partial charge in [-0.05, 0) is 43.7 Å². The standard InChI is InChI=1S/C26H28N4O4S/c1-18-23(19(2)34-28-18)16-33-22-7-5-20(6-8-22)14-25(31)30-11-9-29(10-12-30)15-21-17-35-26(27-21)24-4-3-13-32-24/h3-8,13,17H,9-12,14-16H2,1-2H3. The van der Waals surface area contributed by atoms with E-state index in [0.717, 1.165) is 77.5 Å². The molecule has 0 aliphatic carbocycles. The zero-order valence-electron chi connectivity index (χ0n) is 19.9. The first-order valence-electron chi connectivity index (χ1n) is 11.7. The molecule has 0 radical (unpaired) electrons. The Labute approximate surface area is 208 Å². The first-order valence-corrected chi connectivity index (χ1v) is 12.5. The van der Waals surface area contributed by atoms with Gasteiger partial charge in [0.1, 0.15) is 18.1 Å². The van der Waals surface area contributed by atoms with Gasteiger partial charge in [0.05, 0.1) is 29.6 Å². The van der Waals surface area contributed by atoms with Gasteiger partial charge in [0.15, 0.2) is 10.8 Å². The van der Waals surface area contributed by atoms with Crippen LogP contribution >= 0.6 is 11.3 Å². The quantitative estimate of drug-likeness (QED) is 0.359. The molecular formula is C26H28N4O4S. The molecule has 1 aliphatic heterocycles. The van der Waals surface area contributed by atoms with Gasteiger partial charge in [-0.25, -0.2) is 4.98 Å². The number of hydrogen-bond acceptors (Lipinski definition) is 8. The SMILES string of the molecule is Cc1noc(C)c1COc1ccc(CC(=O)N2CCN(Cc3csc(-c4ccco4)n3)CC2)cc1. The van der Waals surface area contributed by atoms with Gasteiger partial charge in [0.2, 0.25) is 5.91 Å². The maximum absolute atomic E-state index is 12.8. The van der Waals surface area contributed by atoms with E-state index in [9.17, 15) is 4.79 Å². The number of carbonyl (C=O) groups is 1. The minimum Gasteiger partial charge on any atom is -0.489 e. The van der Waals surface area contributed by atoms with E-state index in [1.807, 2.05) is 55.1 Å². The minimum absolute atomic E-state index is 0.155. The van der Waals surface area contributed by atoms with E-state index in [1.54, 1.807) is 17.6 Å². The molecule has 1 amide bonds. The highest BCUT2D eigenvalue weighted by molar-refractivity contribution is 7.13. The number of aryl methyl sites for hydroxylation is 2. The first kappa shape index (κ1) is 23.3. The van der Waals surface area contributed by atoms with Crippen LogP contribution in [0.2, 0.25) is 0 Å². The van der Waals surface area contributed by atoms with Crippen molar-refractivity contribution in [2.24, 2.45) is 0 Å². The van der Waals surface area contributed by atoms with Crippen LogP contribution in [0, 0.1) is 13.8 Å². The number of ether oxygens (including phenoxy) is 1. The number of piperazine rings is 1. The molecule has 5 rings (SSSR count). The summed E-state index contributed by atoms with van der Waals surface area (Å²) in [6.45, 7) is 8.12. The average molecular weight is 493 g/mol. The number of amides is 1. The van der Waals surface area contributed by atoms with Crippen LogP contribution in [0.4, 0.5) is 0 Å². The smallest absolute Gasteiger partial charge is 0.227 e. The summed E-state index contributed by atoms with van der Waals surface area (Å²) in [5, 5.41) is 6.93. The van der Waals surface area contributed by atoms with Gasteiger partial charge in [-0.2, -0.15) is 0 Å². The molecule has 4 heterocycles. The summed E-state index contributed by atoms with van der Waals surface area (Å²) in [7, 11) is 0. The largest absolute Gasteiger partial charge is 0.489 e. The molecule has 4 aromatic rings. The number of rotatable bonds is 8. The number of furan rings is 1. The molecule has 0 N–H and O–H groups in total. The highest BCUT2D eigenvalue weighted by Crippen LogP contribution is 2.25. The maximum atomic E-state index is 12.8. The summed E-state index contributed by atoms with van der Waals surface area (Å²) in [4.78, 5) is 21.8. The molecule has 9 heteroatoms. The van der Waals surface area contributed by atoms with Crippen molar-refractivity contribution in [3.63, 3.8) is 0 Å². The predicted molar refractivity (Wildman–Crippen MR) is 132 cm³/mol. The van der Waals surface area contributed by atoms with Gasteiger partial charge in [-0.15, -0.1) is 11.3 Å². The van der Waals surface area contributed by atoms with Crippen LogP contribution in [0.3, 0.4) is 0 Å². The summed E-state index contributed by atoms with van der Waals surface area (Å²) < 4.78 is 16.5. The van der Waals surface area contributed by atoms with Crippen LogP contribution < -0.4 is 4.74 Å². The van der Waals surface area contributed by atoms with Crippen LogP contribution in [0.25, 0.3) is 10.8 Å². The molecule has 1 aromatic carbocycles. The molecule has 0 bridgehead atoms. The lowest BCUT2D eigenvalue weighted by Gasteiger charge is -2.34. The Morgan fingerprint density at radius 3 is 2.60 bits per heavy atom. The highest BCUT2D eigenvalue weighted by Gasteiger charge is 2.22. The van der Waals surface area contributed by atoms with Gasteiger partial charge in [-0.3, -0.25) is 9.69 Å². The summed E-state index contributed by atoms with van der Waals surface area (Å²) >= 11 is 1.59. The second kappa shape index (κ2) is 10.5. The fraction of sp³-hybridized carbons (Fsp3) is 0.346. The lowest BCUT2D eigenvalue weighted by molar-refractivity contribution is -0.132. The van der Waals surface area contributed by atoms with Gasteiger partial charge >= 0.3 is 0 Å². The third-order valence-electron chi connectivity index (χ3n) is 6.24. The van der Waals surface area contributed by atoms with Crippen molar-refractivity contribution in [3.8, 4) is 16.5 Å². The summed E-state index contributed by atoms with van der Waals surface area (Å²) in [6.07, 6.45) is 2.06. The van der Waals surface area contributed by atoms with Gasteiger partial charge < -0.3 is 18.6 Å². The molecule has 1 aliphatic rings. The van der Waals surface area contributed by atoms with Crippen molar-refractivity contribution >= 4 is 17.2 Å². The van der Waals surface area contributed by atoms with Gasteiger partial charge in [-0.1, -0.05) is 17.3 Å². The van der Waals surface area contributed by atoms with Crippen LogP contribution in [0.5, 0.6) is 5.75 Å². The van der Waals surface area contributed by atoms with E-state index in [1.165, 1.54) is 0 Å². The number of carbonyl (C=O) groups excluding carboxylic acids is 1. The molecule has 182 valence electrons. The van der Waals surface area contributed by atoms with E-state index in [2.05, 4.69) is 20.4 Å². The van der Waals surface area contributed by atoms with Crippen molar-refractivity contribution < 1.29 is 18.5 Å². The lowest BCUT2D eigenvalue weighted by Crippen LogP contribution is -2.48. The summed E-state index contributed by atoms with van der Waals surface area (Å²) in [5.74, 6) is 2.49. The molecule has 1 fully saturated rings. The second-order valence-electron chi connectivity index (χ2n) is 8.69. The van der Waals surface area contributed by atoms with Crippen molar-refractivity contribution in [2.75, 3.05) is 26.2 Å². The minimum atomic E-state index is 0.155. The van der Waals surface area contributed by atoms with E-state index in [4.69, 9.17) is 13.7 Å². The third kappa shape index (κ3) is 5.63. The molecule has 3 aromatic heterocycles. The van der Waals surface area contributed by atoms with E-state index in [-0.39, 0.29) is 5.91 Å². The highest BCUT2D eigenvalue weighted by atomic mass is 32.1. The van der Waals surface area contributed by atoms with E-state index in [0.29, 0.717) is 13.0 Å². The van der Waals surface area contributed by atoms with Crippen molar-refractivity contribution in [2.45, 2.75) is 33.4 Å². The summed E-state index contributed by atoms with van der Waals surface area (Å²) in [6, 6.07) is 11.5. The zero-order valence-corrected chi connectivity index (χ0v) is 20.7. The second-order valence-corrected chi connectivity index (χ2v) is 9.55. The van der Waals surface area contributed by atoms with Gasteiger partial charge in [0.25, 0.3) is 0 Å². The number of nitrogens with zero attached hydrogens (tertiary/aromatic N) is 4. The Morgan fingerprint density at radius 1 is 1.11 bits per heavy atom. The van der Waals surface area contributed by atoms with Crippen LogP contribution in [-0.2, 0) is 24.4 Å². The Morgan fingerprint density at radius 2 is 1.91 bits per heavy atom. The van der Waals surface area contributed by atoms with Crippen LogP contribution in [-0.4, -0.2) is 52.0 Å². The first-order chi connectivity index (χ1) is 17.0. The van der Waals surface area contributed by atoms with Crippen LogP contribution in [0.1, 0.15) is 28.3 Å². The Hall–Kier alpha value is -3.43. The topological polar surface area (TPSA) is 84.8 Å². The van der Waals surface area contributed by atoms with E-state index < -0.39 is 0 Å². The number of hydrogen-bond donors (Lipinski definition) is 0. The molecule has 1 saturated heterocycles. The predicted octanol–water partition coefficient (Wildman–Crippen LogP) is 4.47. The van der Waals surface area contributed by atoms with Crippen molar-refractivity contribution in [1.82, 2.24) is 19.9 Å². The zero-order chi connectivity index (χ0) is 24.2. The molecule has 0 unspecified atom stereocenters. The number of thiazole rings is 1. The molecule has 0 spiro atoms. The monoisotopic (exact) mass is 492 g/mol. The molecule has 8 nitrogen and oxygen atoms in total. The molecule has 35 heavy (non-hydrogen) atoms. The fourth-order valence-corrected chi connectivity index (χ4v) is 4.91. The summed E-state index contributed by atoms with van der Waals surface area (Å²) in [5.41, 5.74) is 3.83. The van der Waals surface area contributed by atoms with E-state index >= 15 is 0 Å². The molecule has 0 saturated carbocycles. The average Bonchev–Trinajstić information content (AvgIpc) is 3.62. The normalized spacial score (nSPS) is 14.4. The fourth-order valence-electron chi connectivity index (χ4n) is 4.13. The van der Waals surface area contributed by atoms with Crippen molar-refractivity contribution in [1.29, 1.82) is 0 Å². The van der Waals surface area contributed by atoms with Gasteiger partial charge in [0, 0.05) is 38.1 Å². The Balaban J connectivity index is 1.07. The Bertz CT molecular complexity index is 1240. The third-order valence-corrected chi connectivity index (χ3v) is 7.14. The van der Waals surface area contributed by atoms with Crippen LogP contribution in [0.15, 0.2) is 57.0 Å². The lowest BCUT2D eigenvalue weighted by atomic mass is 10.1. The number of aromatic nitrogens is 2. The molecule has 0 atom stereocenters. The number of benzene rings is 1. The van der Waals surface area contributed by atoms with Crippen molar-refractivity contribution in [3.05, 3.63) is 76.3 Å². The maximum Gasteiger partial charge on any atom is 0.227 e. The molecular weight excluding hydrogens is 464 g/mol. The Kier molecular flexibility index (Phi) is 6.96.